The molecule has 2 aliphatic rings. The van der Waals surface area contributed by atoms with E-state index in [2.05, 4.69) is 5.32 Å². The Kier molecular flexibility index (Phi) is 9.71. The minimum absolute atomic E-state index is 0.0598. The second-order valence-electron chi connectivity index (χ2n) is 10.9. The zero-order chi connectivity index (χ0) is 28.8. The van der Waals surface area contributed by atoms with E-state index in [1.54, 1.807) is 48.6 Å². The van der Waals surface area contributed by atoms with Crippen LogP contribution in [0.15, 0.2) is 30.3 Å². The lowest BCUT2D eigenvalue weighted by atomic mass is 10.2. The lowest BCUT2D eigenvalue weighted by Crippen LogP contribution is -2.40. The third kappa shape index (κ3) is 8.63. The molecule has 210 valence electrons. The van der Waals surface area contributed by atoms with Crippen LogP contribution in [0.4, 0.5) is 14.4 Å². The monoisotopic (exact) mass is 534 g/mol. The largest absolute Gasteiger partial charge is 0.458 e. The van der Waals surface area contributed by atoms with Gasteiger partial charge in [-0.15, -0.1) is 0 Å². The summed E-state index contributed by atoms with van der Waals surface area (Å²) in [4.78, 5) is 62.6. The molecule has 2 atom stereocenters. The summed E-state index contributed by atoms with van der Waals surface area (Å²) in [7, 11) is 3.04. The van der Waals surface area contributed by atoms with Crippen molar-refractivity contribution in [2.45, 2.75) is 71.4 Å². The number of hydrogen-bond acceptors (Lipinski definition) is 8. The lowest BCUT2D eigenvalue weighted by Gasteiger charge is -2.24. The van der Waals surface area contributed by atoms with E-state index in [0.717, 1.165) is 10.5 Å². The third-order valence-corrected chi connectivity index (χ3v) is 5.37. The van der Waals surface area contributed by atoms with E-state index in [-0.39, 0.29) is 25.2 Å². The maximum absolute atomic E-state index is 12.2. The molecule has 2 aliphatic heterocycles. The van der Waals surface area contributed by atoms with Crippen LogP contribution in [-0.4, -0.2) is 95.3 Å². The van der Waals surface area contributed by atoms with Gasteiger partial charge in [0.05, 0.1) is 13.1 Å². The number of likely N-dealkylation sites (N-methyl/N-ethyl adjacent to an activating group) is 2. The molecule has 2 fully saturated rings. The quantitative estimate of drug-likeness (QED) is 0.460. The van der Waals surface area contributed by atoms with Crippen molar-refractivity contribution in [2.24, 2.45) is 0 Å². The van der Waals surface area contributed by atoms with E-state index >= 15 is 0 Å². The fourth-order valence-electron chi connectivity index (χ4n) is 3.45. The molecular formula is C26H38N4O8. The summed E-state index contributed by atoms with van der Waals surface area (Å²) in [5, 5.41) is 2.57. The molecule has 12 nitrogen and oxygen atoms in total. The number of esters is 2. The molecule has 5 amide bonds. The molecular weight excluding hydrogens is 496 g/mol. The highest BCUT2D eigenvalue weighted by atomic mass is 16.6. The van der Waals surface area contributed by atoms with Crippen LogP contribution in [0.1, 0.15) is 47.1 Å². The van der Waals surface area contributed by atoms with Gasteiger partial charge in [0.25, 0.3) is 0 Å². The number of carbonyl (C=O) groups excluding carboxylic acids is 5. The highest BCUT2D eigenvalue weighted by molar-refractivity contribution is 5.96. The number of nitrogens with zero attached hydrogens (tertiary/aromatic N) is 3. The molecule has 1 aromatic carbocycles. The van der Waals surface area contributed by atoms with Crippen molar-refractivity contribution in [3.05, 3.63) is 35.9 Å². The molecule has 0 radical (unpaired) electrons. The fraction of sp³-hybridized carbons (Fsp3) is 0.577. The second kappa shape index (κ2) is 12.1. The van der Waals surface area contributed by atoms with Crippen LogP contribution in [0.25, 0.3) is 0 Å². The molecule has 0 unspecified atom stereocenters. The molecule has 2 heterocycles. The Hall–Kier alpha value is -3.83. The van der Waals surface area contributed by atoms with E-state index in [9.17, 15) is 24.0 Å². The molecule has 0 spiro atoms. The number of carbonyl (C=O) groups is 5. The zero-order valence-electron chi connectivity index (χ0n) is 23.3. The van der Waals surface area contributed by atoms with Crippen molar-refractivity contribution in [1.29, 1.82) is 0 Å². The first-order valence-corrected chi connectivity index (χ1v) is 12.2. The van der Waals surface area contributed by atoms with Crippen molar-refractivity contribution in [1.82, 2.24) is 20.0 Å². The Morgan fingerprint density at radius 3 is 1.87 bits per heavy atom. The van der Waals surface area contributed by atoms with Crippen molar-refractivity contribution < 1.29 is 38.2 Å². The van der Waals surface area contributed by atoms with Gasteiger partial charge in [0.1, 0.15) is 29.9 Å². The van der Waals surface area contributed by atoms with E-state index in [1.807, 2.05) is 30.3 Å². The smallest absolute Gasteiger partial charge is 0.418 e. The predicted octanol–water partition coefficient (Wildman–Crippen LogP) is 2.75. The second-order valence-corrected chi connectivity index (χ2v) is 10.9. The van der Waals surface area contributed by atoms with Crippen molar-refractivity contribution >= 4 is 30.1 Å². The first-order valence-electron chi connectivity index (χ1n) is 12.2. The van der Waals surface area contributed by atoms with Gasteiger partial charge in [0.15, 0.2) is 0 Å². The van der Waals surface area contributed by atoms with Gasteiger partial charge in [-0.2, -0.15) is 0 Å². The predicted molar refractivity (Wildman–Crippen MR) is 137 cm³/mol. The van der Waals surface area contributed by atoms with Gasteiger partial charge in [-0.1, -0.05) is 30.3 Å². The lowest BCUT2D eigenvalue weighted by molar-refractivity contribution is -0.160. The minimum atomic E-state index is -0.832. The summed E-state index contributed by atoms with van der Waals surface area (Å²) in [6.07, 6.45) is -0.776. The number of hydrogen-bond donors (Lipinski definition) is 1. The van der Waals surface area contributed by atoms with E-state index in [1.165, 1.54) is 16.8 Å². The van der Waals surface area contributed by atoms with Gasteiger partial charge in [0, 0.05) is 14.1 Å². The molecule has 1 aromatic rings. The molecule has 0 aliphatic carbocycles. The van der Waals surface area contributed by atoms with Gasteiger partial charge in [0.2, 0.25) is 0 Å². The number of nitrogens with one attached hydrogen (secondary N) is 1. The molecule has 2 saturated heterocycles. The van der Waals surface area contributed by atoms with E-state index < -0.39 is 41.4 Å². The van der Waals surface area contributed by atoms with Crippen molar-refractivity contribution in [2.75, 3.05) is 27.2 Å². The summed E-state index contributed by atoms with van der Waals surface area (Å²) in [6.45, 7) is 10.9. The number of ether oxygens (including phenoxy) is 3. The SMILES string of the molecule is CN1C(=O)N(C(=O)OCc2ccccc2)C[C@@H]1C(=O)OC(C)(C)C.CN1C(=O)NC[C@@H]1C(=O)OC(C)(C)C. The van der Waals surface area contributed by atoms with Gasteiger partial charge >= 0.3 is 30.1 Å². The normalized spacial score (nSPS) is 19.4. The standard InChI is InChI=1S/C17H22N2O5.C9H16N2O3/c1-17(2,3)24-14(20)13-10-19(15(21)18(13)4)16(22)23-11-12-8-6-5-7-9-12;1-9(2,3)14-7(12)6-5-10-8(13)11(6)4/h5-9,13H,10-11H2,1-4H3;6H,5H2,1-4H3,(H,10,13)/t13-;6-/m11/s1. The molecule has 0 bridgehead atoms. The van der Waals surface area contributed by atoms with Crippen LogP contribution in [0, 0.1) is 0 Å². The molecule has 12 heteroatoms. The van der Waals surface area contributed by atoms with Crippen molar-refractivity contribution in [3.63, 3.8) is 0 Å². The number of benzene rings is 1. The molecule has 0 saturated carbocycles. The first-order chi connectivity index (χ1) is 17.5. The zero-order valence-corrected chi connectivity index (χ0v) is 23.3. The Morgan fingerprint density at radius 1 is 0.868 bits per heavy atom. The minimum Gasteiger partial charge on any atom is -0.458 e. The number of imide groups is 1. The average Bonchev–Trinajstić information content (AvgIpc) is 3.29. The van der Waals surface area contributed by atoms with Crippen LogP contribution in [0.2, 0.25) is 0 Å². The summed E-state index contributed by atoms with van der Waals surface area (Å²) in [5.74, 6) is -0.907. The van der Waals surface area contributed by atoms with Crippen LogP contribution < -0.4 is 5.32 Å². The topological polar surface area (TPSA) is 135 Å². The number of urea groups is 2. The number of amides is 5. The third-order valence-electron chi connectivity index (χ3n) is 5.37. The maximum atomic E-state index is 12.2. The Balaban J connectivity index is 0.000000308. The fourth-order valence-corrected chi connectivity index (χ4v) is 3.45. The summed E-state index contributed by atoms with van der Waals surface area (Å²) in [5.41, 5.74) is -0.360. The summed E-state index contributed by atoms with van der Waals surface area (Å²) < 4.78 is 15.6. The van der Waals surface area contributed by atoms with Crippen LogP contribution in [-0.2, 0) is 30.4 Å². The highest BCUT2D eigenvalue weighted by Gasteiger charge is 2.44. The molecule has 0 aromatic heterocycles. The van der Waals surface area contributed by atoms with E-state index in [0.29, 0.717) is 6.54 Å². The van der Waals surface area contributed by atoms with E-state index in [4.69, 9.17) is 14.2 Å². The Bertz CT molecular complexity index is 1030. The highest BCUT2D eigenvalue weighted by Crippen LogP contribution is 2.19. The van der Waals surface area contributed by atoms with Crippen LogP contribution in [0.5, 0.6) is 0 Å². The van der Waals surface area contributed by atoms with Crippen LogP contribution >= 0.6 is 0 Å². The van der Waals surface area contributed by atoms with Gasteiger partial charge in [-0.3, -0.25) is 0 Å². The average molecular weight is 535 g/mol. The number of rotatable bonds is 4. The Labute approximate surface area is 223 Å². The van der Waals surface area contributed by atoms with Crippen molar-refractivity contribution in [3.8, 4) is 0 Å². The van der Waals surface area contributed by atoms with Crippen LogP contribution in [0.3, 0.4) is 0 Å². The van der Waals surface area contributed by atoms with Gasteiger partial charge in [-0.25, -0.2) is 28.9 Å². The molecule has 1 N–H and O–H groups in total. The van der Waals surface area contributed by atoms with Gasteiger partial charge < -0.3 is 29.3 Å². The molecule has 38 heavy (non-hydrogen) atoms. The maximum Gasteiger partial charge on any atom is 0.418 e. The first kappa shape index (κ1) is 30.4. The molecule has 3 rings (SSSR count). The Morgan fingerprint density at radius 2 is 1.39 bits per heavy atom. The summed E-state index contributed by atoms with van der Waals surface area (Å²) >= 11 is 0. The summed E-state index contributed by atoms with van der Waals surface area (Å²) in [6, 6.07) is 7.00. The van der Waals surface area contributed by atoms with Gasteiger partial charge in [-0.05, 0) is 47.1 Å².